The standard InChI is InChI=1S/C22H24S2/c1-9-11(3)19-20(21-17(9)13(5)15(7)23-21)12(4)10(2)18-14(6)16(8)24-22(18)19/h1-8H3. The van der Waals surface area contributed by atoms with E-state index in [-0.39, 0.29) is 0 Å². The van der Waals surface area contributed by atoms with Crippen LogP contribution in [0.2, 0.25) is 0 Å². The Kier molecular flexibility index (Phi) is 3.40. The molecule has 124 valence electrons. The Balaban J connectivity index is 2.47. The zero-order valence-corrected chi connectivity index (χ0v) is 17.4. The van der Waals surface area contributed by atoms with Gasteiger partial charge in [-0.25, -0.2) is 0 Å². The van der Waals surface area contributed by atoms with Crippen LogP contribution in [0.25, 0.3) is 30.9 Å². The predicted octanol–water partition coefficient (Wildman–Crippen LogP) is 7.74. The van der Waals surface area contributed by atoms with Gasteiger partial charge in [0.25, 0.3) is 0 Å². The smallest absolute Gasteiger partial charge is 0.0432 e. The Morgan fingerprint density at radius 1 is 0.375 bits per heavy atom. The lowest BCUT2D eigenvalue weighted by atomic mass is 9.89. The largest absolute Gasteiger partial charge is 0.140 e. The molecular weight excluding hydrogens is 328 g/mol. The summed E-state index contributed by atoms with van der Waals surface area (Å²) in [5.74, 6) is 0. The van der Waals surface area contributed by atoms with Crippen molar-refractivity contribution in [3.63, 3.8) is 0 Å². The summed E-state index contributed by atoms with van der Waals surface area (Å²) in [7, 11) is 0. The van der Waals surface area contributed by atoms with Crippen LogP contribution in [0.4, 0.5) is 0 Å². The molecule has 0 fully saturated rings. The van der Waals surface area contributed by atoms with E-state index in [1.54, 1.807) is 0 Å². The average molecular weight is 353 g/mol. The van der Waals surface area contributed by atoms with Gasteiger partial charge < -0.3 is 0 Å². The number of benzene rings is 2. The van der Waals surface area contributed by atoms with Crippen LogP contribution >= 0.6 is 22.7 Å². The Morgan fingerprint density at radius 2 is 0.667 bits per heavy atom. The third kappa shape index (κ3) is 1.79. The maximum atomic E-state index is 2.32. The Hall–Kier alpha value is -1.38. The van der Waals surface area contributed by atoms with Crippen molar-refractivity contribution in [1.82, 2.24) is 0 Å². The highest BCUT2D eigenvalue weighted by molar-refractivity contribution is 7.21. The molecule has 4 rings (SSSR count). The Bertz CT molecular complexity index is 1070. The summed E-state index contributed by atoms with van der Waals surface area (Å²) in [6.45, 7) is 18.4. The highest BCUT2D eigenvalue weighted by atomic mass is 32.1. The molecular formula is C22H24S2. The van der Waals surface area contributed by atoms with Crippen molar-refractivity contribution in [1.29, 1.82) is 0 Å². The van der Waals surface area contributed by atoms with Crippen molar-refractivity contribution in [2.45, 2.75) is 55.4 Å². The SMILES string of the molecule is Cc1sc2c(c1C)c(C)c(C)c1c3sc(C)c(C)c3c(C)c(C)c21. The summed E-state index contributed by atoms with van der Waals surface area (Å²) in [6, 6.07) is 0. The molecule has 2 aromatic carbocycles. The molecule has 0 unspecified atom stereocenters. The minimum absolute atomic E-state index is 1.45. The molecule has 2 heteroatoms. The highest BCUT2D eigenvalue weighted by Crippen LogP contribution is 2.47. The number of fused-ring (bicyclic) bond motifs is 5. The molecule has 0 bridgehead atoms. The van der Waals surface area contributed by atoms with Gasteiger partial charge in [0.05, 0.1) is 0 Å². The maximum absolute atomic E-state index is 2.32. The van der Waals surface area contributed by atoms with Gasteiger partial charge >= 0.3 is 0 Å². The fourth-order valence-corrected chi connectivity index (χ4v) is 6.86. The molecule has 2 heterocycles. The maximum Gasteiger partial charge on any atom is 0.0432 e. The summed E-state index contributed by atoms with van der Waals surface area (Å²) >= 11 is 3.96. The molecule has 0 saturated carbocycles. The molecule has 4 aromatic rings. The topological polar surface area (TPSA) is 0 Å². The van der Waals surface area contributed by atoms with Gasteiger partial charge in [-0.15, -0.1) is 22.7 Å². The van der Waals surface area contributed by atoms with Gasteiger partial charge in [-0.05, 0) is 99.5 Å². The lowest BCUT2D eigenvalue weighted by Gasteiger charge is -2.16. The first kappa shape index (κ1) is 16.1. The van der Waals surface area contributed by atoms with Crippen molar-refractivity contribution < 1.29 is 0 Å². The van der Waals surface area contributed by atoms with Gasteiger partial charge in [0, 0.05) is 29.9 Å². The van der Waals surface area contributed by atoms with Gasteiger partial charge in [0.1, 0.15) is 0 Å². The quantitative estimate of drug-likeness (QED) is 0.303. The van der Waals surface area contributed by atoms with Crippen LogP contribution in [-0.2, 0) is 0 Å². The minimum atomic E-state index is 1.45. The first-order chi connectivity index (χ1) is 11.3. The van der Waals surface area contributed by atoms with E-state index >= 15 is 0 Å². The highest BCUT2D eigenvalue weighted by Gasteiger charge is 2.21. The van der Waals surface area contributed by atoms with Crippen LogP contribution in [0.5, 0.6) is 0 Å². The minimum Gasteiger partial charge on any atom is -0.140 e. The predicted molar refractivity (Wildman–Crippen MR) is 113 cm³/mol. The fourth-order valence-electron chi connectivity index (χ4n) is 4.20. The molecule has 0 amide bonds. The number of hydrogen-bond acceptors (Lipinski definition) is 2. The summed E-state index contributed by atoms with van der Waals surface area (Å²) < 4.78 is 2.99. The van der Waals surface area contributed by atoms with Crippen LogP contribution in [0.15, 0.2) is 0 Å². The Labute approximate surface area is 152 Å². The van der Waals surface area contributed by atoms with Crippen LogP contribution in [0.3, 0.4) is 0 Å². The van der Waals surface area contributed by atoms with Gasteiger partial charge in [0.2, 0.25) is 0 Å². The van der Waals surface area contributed by atoms with E-state index in [1.807, 2.05) is 22.7 Å². The molecule has 0 saturated heterocycles. The van der Waals surface area contributed by atoms with Crippen LogP contribution in [0.1, 0.15) is 43.1 Å². The molecule has 0 aliphatic rings. The molecule has 0 aliphatic heterocycles. The van der Waals surface area contributed by atoms with E-state index in [0.717, 1.165) is 0 Å². The summed E-state index contributed by atoms with van der Waals surface area (Å²) in [6.07, 6.45) is 0. The van der Waals surface area contributed by atoms with Gasteiger partial charge in [-0.1, -0.05) is 0 Å². The molecule has 0 atom stereocenters. The van der Waals surface area contributed by atoms with Crippen LogP contribution in [0, 0.1) is 55.4 Å². The Morgan fingerprint density at radius 3 is 1.00 bits per heavy atom. The van der Waals surface area contributed by atoms with Crippen molar-refractivity contribution in [3.8, 4) is 0 Å². The molecule has 24 heavy (non-hydrogen) atoms. The van der Waals surface area contributed by atoms with Crippen molar-refractivity contribution in [3.05, 3.63) is 43.1 Å². The van der Waals surface area contributed by atoms with Crippen molar-refractivity contribution in [2.75, 3.05) is 0 Å². The van der Waals surface area contributed by atoms with E-state index in [9.17, 15) is 0 Å². The van der Waals surface area contributed by atoms with E-state index < -0.39 is 0 Å². The monoisotopic (exact) mass is 352 g/mol. The first-order valence-corrected chi connectivity index (χ1v) is 10.2. The zero-order chi connectivity index (χ0) is 17.5. The second-order valence-electron chi connectivity index (χ2n) is 7.22. The van der Waals surface area contributed by atoms with E-state index in [0.29, 0.717) is 0 Å². The van der Waals surface area contributed by atoms with E-state index in [1.165, 1.54) is 74.1 Å². The normalized spacial score (nSPS) is 12.2. The summed E-state index contributed by atoms with van der Waals surface area (Å²) in [4.78, 5) is 2.91. The average Bonchev–Trinajstić information content (AvgIpc) is 2.99. The van der Waals surface area contributed by atoms with E-state index in [2.05, 4.69) is 55.4 Å². The van der Waals surface area contributed by atoms with Gasteiger partial charge in [-0.2, -0.15) is 0 Å². The summed E-state index contributed by atoms with van der Waals surface area (Å²) in [5.41, 5.74) is 8.79. The van der Waals surface area contributed by atoms with Gasteiger partial charge in [-0.3, -0.25) is 0 Å². The number of thiophene rings is 2. The van der Waals surface area contributed by atoms with E-state index in [4.69, 9.17) is 0 Å². The van der Waals surface area contributed by atoms with Crippen molar-refractivity contribution >= 4 is 53.6 Å². The first-order valence-electron chi connectivity index (χ1n) is 8.57. The second-order valence-corrected chi connectivity index (χ2v) is 9.67. The third-order valence-electron chi connectivity index (χ3n) is 6.10. The molecule has 0 nitrogen and oxygen atoms in total. The van der Waals surface area contributed by atoms with Crippen LogP contribution < -0.4 is 0 Å². The number of hydrogen-bond donors (Lipinski definition) is 0. The number of aryl methyl sites for hydroxylation is 8. The second kappa shape index (κ2) is 5.06. The molecule has 0 N–H and O–H groups in total. The molecule has 2 aromatic heterocycles. The number of rotatable bonds is 0. The third-order valence-corrected chi connectivity index (χ3v) is 8.55. The summed E-state index contributed by atoms with van der Waals surface area (Å²) in [5, 5.41) is 5.99. The zero-order valence-electron chi connectivity index (χ0n) is 15.8. The molecule has 0 spiro atoms. The molecule has 0 aliphatic carbocycles. The fraction of sp³-hybridized carbons (Fsp3) is 0.364. The van der Waals surface area contributed by atoms with Crippen molar-refractivity contribution in [2.24, 2.45) is 0 Å². The lowest BCUT2D eigenvalue weighted by molar-refractivity contribution is 1.37. The molecule has 0 radical (unpaired) electrons. The van der Waals surface area contributed by atoms with Gasteiger partial charge in [0.15, 0.2) is 0 Å². The lowest BCUT2D eigenvalue weighted by Crippen LogP contribution is -1.93. The van der Waals surface area contributed by atoms with Crippen LogP contribution in [-0.4, -0.2) is 0 Å².